The maximum absolute atomic E-state index is 10.7. The third-order valence-electron chi connectivity index (χ3n) is 1.74. The number of rotatable bonds is 3. The van der Waals surface area contributed by atoms with Gasteiger partial charge < -0.3 is 16.6 Å². The molecule has 109 valence electrons. The molecule has 1 aromatic rings. The molecule has 19 heavy (non-hydrogen) atoms. The Balaban J connectivity index is 0. The third-order valence-corrected chi connectivity index (χ3v) is 1.74. The molecule has 1 aromatic carbocycles. The Morgan fingerprint density at radius 1 is 1.16 bits per heavy atom. The summed E-state index contributed by atoms with van der Waals surface area (Å²) in [5.41, 5.74) is 11.3. The summed E-state index contributed by atoms with van der Waals surface area (Å²) in [6.07, 6.45) is 0.371. The average Bonchev–Trinajstić information content (AvgIpc) is 2.18. The number of primary amides is 1. The van der Waals surface area contributed by atoms with Gasteiger partial charge in [0.25, 0.3) is 0 Å². The van der Waals surface area contributed by atoms with E-state index in [2.05, 4.69) is 0 Å². The molecular weight excluding hydrogens is 326 g/mol. The molecule has 0 spiro atoms. The van der Waals surface area contributed by atoms with Crippen molar-refractivity contribution < 1.29 is 55.6 Å². The Hall–Kier alpha value is -0.914. The van der Waals surface area contributed by atoms with E-state index in [1.165, 1.54) is 12.1 Å². The Morgan fingerprint density at radius 3 is 1.84 bits per heavy atom. The summed E-state index contributed by atoms with van der Waals surface area (Å²) in [5, 5.41) is 10.7. The van der Waals surface area contributed by atoms with Crippen LogP contribution in [0.2, 0.25) is 0 Å². The van der Waals surface area contributed by atoms with Gasteiger partial charge in [0.2, 0.25) is 5.91 Å². The standard InChI is InChI=1S/C9H12N2O2.ClHO4.Co/c10-8(9(11)13)5-6-1-3-7(12)4-2-6;2-1(3,4)5;/h1-4,8,12H,5,10H2,(H2,11,13);(H,2,3,4,5);/q;;+2/p-2/t8-;;/m0../s1. The van der Waals surface area contributed by atoms with Gasteiger partial charge in [-0.3, -0.25) is 4.79 Å². The first-order valence-electron chi connectivity index (χ1n) is 4.52. The molecule has 0 saturated heterocycles. The SMILES string of the molecule is NC(=O)[C@@H](N)Cc1ccc([O-])cc1.[Co+2].[O-][Cl+3]([O-])([O-])[O-]. The van der Waals surface area contributed by atoms with Crippen molar-refractivity contribution in [1.29, 1.82) is 0 Å². The number of carbonyl (C=O) groups is 1. The van der Waals surface area contributed by atoms with Crippen molar-refractivity contribution in [2.75, 3.05) is 0 Å². The van der Waals surface area contributed by atoms with Crippen LogP contribution in [-0.2, 0) is 28.0 Å². The van der Waals surface area contributed by atoms with Crippen molar-refractivity contribution in [3.63, 3.8) is 0 Å². The summed E-state index contributed by atoms with van der Waals surface area (Å²) in [5.74, 6) is -0.595. The van der Waals surface area contributed by atoms with Crippen molar-refractivity contribution in [3.8, 4) is 5.75 Å². The number of halogens is 1. The second kappa shape index (κ2) is 9.06. The fourth-order valence-corrected chi connectivity index (χ4v) is 0.980. The molecule has 0 bridgehead atoms. The zero-order valence-electron chi connectivity index (χ0n) is 9.41. The van der Waals surface area contributed by atoms with E-state index in [9.17, 15) is 9.90 Å². The molecule has 1 rings (SSSR count). The third kappa shape index (κ3) is 13.3. The molecule has 0 fully saturated rings. The van der Waals surface area contributed by atoms with Gasteiger partial charge in [-0.1, -0.05) is 24.3 Å². The van der Waals surface area contributed by atoms with E-state index < -0.39 is 22.2 Å². The molecule has 4 N–H and O–H groups in total. The largest absolute Gasteiger partial charge is 2.00 e. The fourth-order valence-electron chi connectivity index (χ4n) is 0.980. The van der Waals surface area contributed by atoms with Crippen LogP contribution in [0.25, 0.3) is 0 Å². The Morgan fingerprint density at radius 2 is 1.53 bits per heavy atom. The minimum absolute atomic E-state index is 0. The zero-order chi connectivity index (χ0) is 14.3. The van der Waals surface area contributed by atoms with Crippen LogP contribution < -0.4 is 35.2 Å². The second-order valence-electron chi connectivity index (χ2n) is 3.23. The van der Waals surface area contributed by atoms with E-state index in [0.717, 1.165) is 5.56 Å². The van der Waals surface area contributed by atoms with Gasteiger partial charge in [-0.15, -0.1) is 16.0 Å². The Kier molecular flexibility index (Phi) is 9.73. The summed E-state index contributed by atoms with van der Waals surface area (Å²) in [7, 11) is -4.94. The molecular formula is C9H11ClCoN2O6. The molecule has 1 radical (unpaired) electrons. The maximum atomic E-state index is 10.7. The van der Waals surface area contributed by atoms with E-state index >= 15 is 0 Å². The van der Waals surface area contributed by atoms with Crippen LogP contribution in [0.5, 0.6) is 5.75 Å². The van der Waals surface area contributed by atoms with E-state index in [1.54, 1.807) is 12.1 Å². The van der Waals surface area contributed by atoms with Gasteiger partial charge in [0.15, 0.2) is 0 Å². The minimum Gasteiger partial charge on any atom is -0.872 e. The zero-order valence-corrected chi connectivity index (χ0v) is 11.2. The fraction of sp³-hybridized carbons (Fsp3) is 0.222. The van der Waals surface area contributed by atoms with Crippen molar-refractivity contribution in [2.24, 2.45) is 11.5 Å². The molecule has 1 atom stereocenters. The first-order valence-corrected chi connectivity index (χ1v) is 5.75. The molecule has 0 aliphatic carbocycles. The van der Waals surface area contributed by atoms with Gasteiger partial charge in [0.05, 0.1) is 6.04 Å². The minimum atomic E-state index is -4.94. The number of hydrogen-bond donors (Lipinski definition) is 2. The summed E-state index contributed by atoms with van der Waals surface area (Å²) in [4.78, 5) is 10.6. The average molecular weight is 338 g/mol. The molecule has 0 aromatic heterocycles. The van der Waals surface area contributed by atoms with Crippen molar-refractivity contribution in [1.82, 2.24) is 0 Å². The second-order valence-corrected chi connectivity index (χ2v) is 3.99. The summed E-state index contributed by atoms with van der Waals surface area (Å²) < 4.78 is 34.0. The first kappa shape index (κ1) is 20.4. The quantitative estimate of drug-likeness (QED) is 0.550. The van der Waals surface area contributed by atoms with Gasteiger partial charge in [0.1, 0.15) is 0 Å². The van der Waals surface area contributed by atoms with Gasteiger partial charge in [-0.05, 0) is 12.0 Å². The van der Waals surface area contributed by atoms with Gasteiger partial charge >= 0.3 is 16.8 Å². The van der Waals surface area contributed by atoms with Crippen LogP contribution in [0.4, 0.5) is 0 Å². The smallest absolute Gasteiger partial charge is 0.872 e. The molecule has 0 aliphatic rings. The van der Waals surface area contributed by atoms with Crippen LogP contribution in [0.1, 0.15) is 5.56 Å². The molecule has 8 nitrogen and oxygen atoms in total. The van der Waals surface area contributed by atoms with E-state index in [1.807, 2.05) is 0 Å². The predicted molar refractivity (Wildman–Crippen MR) is 46.8 cm³/mol. The van der Waals surface area contributed by atoms with Gasteiger partial charge in [-0.25, -0.2) is 18.6 Å². The topological polar surface area (TPSA) is 184 Å². The number of nitrogens with two attached hydrogens (primary N) is 2. The van der Waals surface area contributed by atoms with Crippen LogP contribution in [-0.4, -0.2) is 11.9 Å². The van der Waals surface area contributed by atoms with Crippen LogP contribution in [0.3, 0.4) is 0 Å². The Labute approximate surface area is 121 Å². The first-order chi connectivity index (χ1) is 8.09. The number of amides is 1. The van der Waals surface area contributed by atoms with Crippen molar-refractivity contribution in [3.05, 3.63) is 29.8 Å². The molecule has 0 heterocycles. The van der Waals surface area contributed by atoms with E-state index in [0.29, 0.717) is 6.42 Å². The maximum Gasteiger partial charge on any atom is 2.00 e. The van der Waals surface area contributed by atoms with Gasteiger partial charge in [0, 0.05) is 0 Å². The van der Waals surface area contributed by atoms with Crippen molar-refractivity contribution in [2.45, 2.75) is 12.5 Å². The molecule has 0 aliphatic heterocycles. The monoisotopic (exact) mass is 337 g/mol. The normalized spacial score (nSPS) is 11.6. The summed E-state index contributed by atoms with van der Waals surface area (Å²) >= 11 is 0. The number of benzene rings is 1. The van der Waals surface area contributed by atoms with E-state index in [-0.39, 0.29) is 22.5 Å². The van der Waals surface area contributed by atoms with Gasteiger partial charge in [-0.2, -0.15) is 0 Å². The van der Waals surface area contributed by atoms with E-state index in [4.69, 9.17) is 30.1 Å². The molecule has 0 unspecified atom stereocenters. The number of hydrogen-bond acceptors (Lipinski definition) is 7. The molecule has 1 amide bonds. The summed E-state index contributed by atoms with van der Waals surface area (Å²) in [6, 6.07) is 5.47. The molecule has 0 saturated carbocycles. The number of carbonyl (C=O) groups excluding carboxylic acids is 1. The van der Waals surface area contributed by atoms with Crippen LogP contribution in [0, 0.1) is 10.2 Å². The van der Waals surface area contributed by atoms with Crippen LogP contribution >= 0.6 is 0 Å². The molecule has 10 heteroatoms. The Bertz CT molecular complexity index is 377. The predicted octanol–water partition coefficient (Wildman–Crippen LogP) is -5.64. The van der Waals surface area contributed by atoms with Crippen molar-refractivity contribution >= 4 is 5.91 Å². The van der Waals surface area contributed by atoms with Crippen LogP contribution in [0.15, 0.2) is 24.3 Å². The summed E-state index contributed by atoms with van der Waals surface area (Å²) in [6.45, 7) is 0.